The minimum Gasteiger partial charge on any atom is -0.441 e. The average molecular weight is 557 g/mol. The van der Waals surface area contributed by atoms with Crippen LogP contribution in [0.25, 0.3) is 0 Å². The number of unbranched alkanes of at least 4 members (excludes halogenated alkanes) is 2. The minimum atomic E-state index is -1.00. The van der Waals surface area contributed by atoms with Gasteiger partial charge < -0.3 is 24.2 Å². The van der Waals surface area contributed by atoms with E-state index in [2.05, 4.69) is 27.7 Å². The Kier molecular flexibility index (Phi) is 18.9. The molecule has 0 aromatic heterocycles. The number of nitrogens with zero attached hydrogens (tertiary/aromatic N) is 3. The van der Waals surface area contributed by atoms with E-state index in [1.165, 1.54) is 0 Å². The molecule has 5 N–H and O–H groups in total. The lowest BCUT2D eigenvalue weighted by molar-refractivity contribution is 0.0882. The van der Waals surface area contributed by atoms with Gasteiger partial charge in [0.05, 0.1) is 0 Å². The van der Waals surface area contributed by atoms with Gasteiger partial charge in [0, 0.05) is 13.1 Å². The molecule has 0 aliphatic carbocycles. The molecule has 1 aromatic carbocycles. The minimum absolute atomic E-state index is 0. The fourth-order valence-corrected chi connectivity index (χ4v) is 4.03. The maximum Gasteiger partial charge on any atom is 0.415 e. The monoisotopic (exact) mass is 556 g/mol. The fraction of sp³-hybridized carbons (Fsp3) is 0.704. The van der Waals surface area contributed by atoms with E-state index >= 15 is 0 Å². The summed E-state index contributed by atoms with van der Waals surface area (Å²) in [7, 11) is 8.08. The van der Waals surface area contributed by atoms with Gasteiger partial charge in [-0.25, -0.2) is 9.59 Å². The van der Waals surface area contributed by atoms with E-state index in [0.29, 0.717) is 25.3 Å². The topological polar surface area (TPSA) is 126 Å². The average Bonchev–Trinajstić information content (AvgIpc) is 2.80. The highest BCUT2D eigenvalue weighted by molar-refractivity contribution is 7.80. The zero-order valence-corrected chi connectivity index (χ0v) is 24.1. The quantitative estimate of drug-likeness (QED) is 0.130. The van der Waals surface area contributed by atoms with Crippen LogP contribution in [0.1, 0.15) is 63.2 Å². The predicted molar refractivity (Wildman–Crippen MR) is 159 cm³/mol. The lowest BCUT2D eigenvalue weighted by Gasteiger charge is -2.24. The molecule has 220 valence electrons. The SMILES string of the molecule is C.Cc1cc(C(CCCCCS)OC(=O)NC(N)N)ccc1OC(=O)N(CCCN(C)C)CCCN(C)C. The number of carbonyl (C=O) groups is 2. The van der Waals surface area contributed by atoms with Gasteiger partial charge in [0.1, 0.15) is 18.1 Å². The molecular formula is C27H52N6O4S. The molecule has 0 bridgehead atoms. The molecule has 0 spiro atoms. The molecule has 11 heteroatoms. The first kappa shape index (κ1) is 35.9. The number of nitrogens with one attached hydrogen (secondary N) is 1. The summed E-state index contributed by atoms with van der Waals surface area (Å²) in [6.07, 6.45) is 2.71. The lowest BCUT2D eigenvalue weighted by atomic mass is 10.0. The summed E-state index contributed by atoms with van der Waals surface area (Å²) in [5.74, 6) is 1.30. The number of nitrogens with two attached hydrogens (primary N) is 2. The Morgan fingerprint density at radius 2 is 1.55 bits per heavy atom. The summed E-state index contributed by atoms with van der Waals surface area (Å²) in [4.78, 5) is 31.2. The van der Waals surface area contributed by atoms with Crippen molar-refractivity contribution in [3.63, 3.8) is 0 Å². The van der Waals surface area contributed by atoms with Crippen LogP contribution in [0.5, 0.6) is 5.75 Å². The predicted octanol–water partition coefficient (Wildman–Crippen LogP) is 3.79. The number of ether oxygens (including phenoxy) is 2. The normalized spacial score (nSPS) is 11.9. The van der Waals surface area contributed by atoms with Gasteiger partial charge in [0.15, 0.2) is 0 Å². The first-order valence-corrected chi connectivity index (χ1v) is 13.6. The van der Waals surface area contributed by atoms with E-state index < -0.39 is 18.5 Å². The van der Waals surface area contributed by atoms with Crippen LogP contribution in [0.3, 0.4) is 0 Å². The Balaban J connectivity index is 0.0000137. The number of alkyl carbamates (subject to hydrolysis) is 1. The van der Waals surface area contributed by atoms with Crippen molar-refractivity contribution in [3.05, 3.63) is 29.3 Å². The molecule has 0 aliphatic heterocycles. The summed E-state index contributed by atoms with van der Waals surface area (Å²) in [6, 6.07) is 5.48. The number of amides is 2. The maximum atomic E-state index is 13.1. The maximum absolute atomic E-state index is 13.1. The van der Waals surface area contributed by atoms with E-state index in [0.717, 1.165) is 62.1 Å². The molecule has 0 saturated carbocycles. The molecule has 0 heterocycles. The van der Waals surface area contributed by atoms with Crippen LogP contribution in [0.2, 0.25) is 0 Å². The van der Waals surface area contributed by atoms with Gasteiger partial charge in [-0.2, -0.15) is 12.6 Å². The highest BCUT2D eigenvalue weighted by Gasteiger charge is 2.21. The summed E-state index contributed by atoms with van der Waals surface area (Å²) in [6.45, 7) is 4.92. The van der Waals surface area contributed by atoms with Crippen molar-refractivity contribution in [2.24, 2.45) is 11.5 Å². The Labute approximate surface area is 235 Å². The second-order valence-corrected chi connectivity index (χ2v) is 10.3. The first-order chi connectivity index (χ1) is 17.5. The number of hydrogen-bond donors (Lipinski definition) is 4. The molecular weight excluding hydrogens is 504 g/mol. The van der Waals surface area contributed by atoms with Crippen molar-refractivity contribution in [2.75, 3.05) is 60.1 Å². The summed E-state index contributed by atoms with van der Waals surface area (Å²) < 4.78 is 11.4. The van der Waals surface area contributed by atoms with Crippen molar-refractivity contribution < 1.29 is 19.1 Å². The van der Waals surface area contributed by atoms with Gasteiger partial charge in [-0.1, -0.05) is 19.9 Å². The molecule has 1 aromatic rings. The molecule has 0 aliphatic rings. The van der Waals surface area contributed by atoms with Crippen molar-refractivity contribution in [1.82, 2.24) is 20.0 Å². The molecule has 38 heavy (non-hydrogen) atoms. The zero-order chi connectivity index (χ0) is 27.8. The molecule has 1 rings (SSSR count). The van der Waals surface area contributed by atoms with Gasteiger partial charge in [-0.05, 0) is 109 Å². The van der Waals surface area contributed by atoms with E-state index in [1.54, 1.807) is 11.0 Å². The van der Waals surface area contributed by atoms with Crippen molar-refractivity contribution in [1.29, 1.82) is 0 Å². The van der Waals surface area contributed by atoms with Crippen LogP contribution in [0, 0.1) is 6.92 Å². The molecule has 0 saturated heterocycles. The van der Waals surface area contributed by atoms with Crippen LogP contribution in [-0.4, -0.2) is 93.3 Å². The smallest absolute Gasteiger partial charge is 0.415 e. The molecule has 10 nitrogen and oxygen atoms in total. The Hall–Kier alpha value is -2.05. The fourth-order valence-electron chi connectivity index (χ4n) is 3.81. The van der Waals surface area contributed by atoms with E-state index in [9.17, 15) is 9.59 Å². The zero-order valence-electron chi connectivity index (χ0n) is 23.2. The van der Waals surface area contributed by atoms with Crippen LogP contribution >= 0.6 is 12.6 Å². The van der Waals surface area contributed by atoms with Gasteiger partial charge in [-0.15, -0.1) is 0 Å². The Morgan fingerprint density at radius 3 is 2.05 bits per heavy atom. The van der Waals surface area contributed by atoms with Crippen molar-refractivity contribution in [2.45, 2.75) is 65.3 Å². The van der Waals surface area contributed by atoms with Crippen LogP contribution in [-0.2, 0) is 4.74 Å². The third-order valence-electron chi connectivity index (χ3n) is 5.75. The van der Waals surface area contributed by atoms with Gasteiger partial charge >= 0.3 is 12.2 Å². The van der Waals surface area contributed by atoms with E-state index in [1.807, 2.05) is 47.2 Å². The third-order valence-corrected chi connectivity index (χ3v) is 6.07. The lowest BCUT2D eigenvalue weighted by Crippen LogP contribution is -2.48. The molecule has 0 radical (unpaired) electrons. The van der Waals surface area contributed by atoms with Gasteiger partial charge in [-0.3, -0.25) is 16.8 Å². The Morgan fingerprint density at radius 1 is 0.947 bits per heavy atom. The second-order valence-electron chi connectivity index (χ2n) is 9.83. The number of rotatable bonds is 17. The number of benzene rings is 1. The highest BCUT2D eigenvalue weighted by Crippen LogP contribution is 2.29. The number of carbonyl (C=O) groups excluding carboxylic acids is 2. The molecule has 1 atom stereocenters. The molecule has 1 unspecified atom stereocenters. The largest absolute Gasteiger partial charge is 0.441 e. The van der Waals surface area contributed by atoms with E-state index in [-0.39, 0.29) is 13.5 Å². The number of thiol groups is 1. The Bertz CT molecular complexity index is 796. The second kappa shape index (κ2) is 19.9. The van der Waals surface area contributed by atoms with Gasteiger partial charge in [0.2, 0.25) is 0 Å². The van der Waals surface area contributed by atoms with Crippen molar-refractivity contribution >= 4 is 24.8 Å². The first-order valence-electron chi connectivity index (χ1n) is 13.0. The van der Waals surface area contributed by atoms with Crippen LogP contribution in [0.15, 0.2) is 18.2 Å². The van der Waals surface area contributed by atoms with E-state index in [4.69, 9.17) is 20.9 Å². The number of aryl methyl sites for hydroxylation is 1. The summed E-state index contributed by atoms with van der Waals surface area (Å²) in [5.41, 5.74) is 12.5. The summed E-state index contributed by atoms with van der Waals surface area (Å²) >= 11 is 4.26. The standard InChI is InChI=1S/C26H48N6O4S.CH4/c1-20-19-21(23(11-7-6-8-18-37)35-25(33)29-24(27)28)12-13-22(20)36-26(34)32(16-9-14-30(2)3)17-10-15-31(4)5;/h12-13,19,23-24,37H,6-11,14-18,27-28H2,1-5H3,(H,29,33);1H4. The number of hydrogen-bond acceptors (Lipinski definition) is 9. The van der Waals surface area contributed by atoms with Crippen LogP contribution in [0.4, 0.5) is 9.59 Å². The highest BCUT2D eigenvalue weighted by atomic mass is 32.1. The third kappa shape index (κ3) is 15.4. The van der Waals surface area contributed by atoms with Gasteiger partial charge in [0.25, 0.3) is 0 Å². The van der Waals surface area contributed by atoms with Crippen molar-refractivity contribution in [3.8, 4) is 5.75 Å². The molecule has 2 amide bonds. The molecule has 0 fully saturated rings. The summed E-state index contributed by atoms with van der Waals surface area (Å²) in [5, 5.41) is 2.36. The van der Waals surface area contributed by atoms with Crippen LogP contribution < -0.4 is 21.5 Å².